The summed E-state index contributed by atoms with van der Waals surface area (Å²) >= 11 is 0. The van der Waals surface area contributed by atoms with Gasteiger partial charge in [0.25, 0.3) is 0 Å². The first kappa shape index (κ1) is 11.8. The van der Waals surface area contributed by atoms with Crippen molar-refractivity contribution < 1.29 is 4.74 Å². The zero-order valence-electron chi connectivity index (χ0n) is 10.8. The average molecular weight is 256 g/mol. The van der Waals surface area contributed by atoms with Gasteiger partial charge < -0.3 is 15.4 Å². The maximum absolute atomic E-state index is 5.79. The van der Waals surface area contributed by atoms with Gasteiger partial charge in [-0.2, -0.15) is 0 Å². The molecule has 2 heterocycles. The van der Waals surface area contributed by atoms with Gasteiger partial charge in [-0.1, -0.05) is 18.2 Å². The van der Waals surface area contributed by atoms with Gasteiger partial charge in [0.2, 0.25) is 0 Å². The zero-order chi connectivity index (χ0) is 13.2. The molecule has 0 aliphatic carbocycles. The fourth-order valence-corrected chi connectivity index (χ4v) is 2.26. The molecule has 0 saturated heterocycles. The summed E-state index contributed by atoms with van der Waals surface area (Å²) in [6, 6.07) is 9.89. The minimum Gasteiger partial charge on any atom is -0.491 e. The number of aromatic nitrogens is 2. The van der Waals surface area contributed by atoms with Crippen molar-refractivity contribution in [3.8, 4) is 5.75 Å². The van der Waals surface area contributed by atoms with E-state index in [1.807, 2.05) is 25.1 Å². The molecule has 3 rings (SSSR count). The summed E-state index contributed by atoms with van der Waals surface area (Å²) in [4.78, 5) is 10.7. The summed E-state index contributed by atoms with van der Waals surface area (Å²) in [5.41, 5.74) is 6.95. The van der Waals surface area contributed by atoms with Crippen molar-refractivity contribution in [1.82, 2.24) is 9.97 Å². The highest BCUT2D eigenvalue weighted by Crippen LogP contribution is 2.25. The highest BCUT2D eigenvalue weighted by Gasteiger charge is 2.16. The van der Waals surface area contributed by atoms with Gasteiger partial charge >= 0.3 is 0 Å². The van der Waals surface area contributed by atoms with E-state index in [0.717, 1.165) is 30.2 Å². The minimum atomic E-state index is 0.501. The summed E-state index contributed by atoms with van der Waals surface area (Å²) < 4.78 is 5.74. The van der Waals surface area contributed by atoms with Crippen LogP contribution in [-0.2, 0) is 6.54 Å². The van der Waals surface area contributed by atoms with Crippen molar-refractivity contribution in [2.75, 3.05) is 23.8 Å². The molecule has 2 aromatic rings. The summed E-state index contributed by atoms with van der Waals surface area (Å²) in [7, 11) is 0. The van der Waals surface area contributed by atoms with Crippen LogP contribution in [0.1, 0.15) is 11.4 Å². The molecular weight excluding hydrogens is 240 g/mol. The Morgan fingerprint density at radius 3 is 2.95 bits per heavy atom. The third-order valence-electron chi connectivity index (χ3n) is 3.12. The molecule has 1 aromatic carbocycles. The number of nitrogens with two attached hydrogens (primary N) is 1. The Hall–Kier alpha value is -2.30. The molecule has 0 unspecified atom stereocenters. The molecular formula is C14H16N4O. The van der Waals surface area contributed by atoms with Crippen LogP contribution in [0.4, 0.5) is 11.6 Å². The summed E-state index contributed by atoms with van der Waals surface area (Å²) in [6.07, 6.45) is 0. The molecule has 5 nitrogen and oxygen atoms in total. The molecule has 0 bridgehead atoms. The molecule has 5 heteroatoms. The number of nitrogen functional groups attached to an aromatic ring is 1. The van der Waals surface area contributed by atoms with E-state index in [1.165, 1.54) is 0 Å². The van der Waals surface area contributed by atoms with Gasteiger partial charge in [-0.15, -0.1) is 0 Å². The number of aryl methyl sites for hydroxylation is 1. The maximum atomic E-state index is 5.79. The predicted molar refractivity (Wildman–Crippen MR) is 74.2 cm³/mol. The molecule has 0 amide bonds. The molecule has 0 atom stereocenters. The maximum Gasteiger partial charge on any atom is 0.134 e. The summed E-state index contributed by atoms with van der Waals surface area (Å²) in [5, 5.41) is 0. The Bertz CT molecular complexity index is 579. The topological polar surface area (TPSA) is 64.3 Å². The van der Waals surface area contributed by atoms with Crippen molar-refractivity contribution in [3.63, 3.8) is 0 Å². The summed E-state index contributed by atoms with van der Waals surface area (Å²) in [6.45, 7) is 4.04. The van der Waals surface area contributed by atoms with Gasteiger partial charge in [0, 0.05) is 18.2 Å². The number of para-hydroxylation sites is 1. The molecule has 1 aliphatic rings. The third kappa shape index (κ3) is 2.45. The molecule has 1 aliphatic heterocycles. The number of hydrogen-bond acceptors (Lipinski definition) is 5. The van der Waals surface area contributed by atoms with Crippen LogP contribution in [0.25, 0.3) is 0 Å². The summed E-state index contributed by atoms with van der Waals surface area (Å²) in [5.74, 6) is 2.99. The van der Waals surface area contributed by atoms with Gasteiger partial charge in [0.1, 0.15) is 29.8 Å². The first-order valence-electron chi connectivity index (χ1n) is 6.29. The van der Waals surface area contributed by atoms with Gasteiger partial charge in [0.05, 0.1) is 6.54 Å². The highest BCUT2D eigenvalue weighted by atomic mass is 16.5. The van der Waals surface area contributed by atoms with E-state index in [1.54, 1.807) is 6.07 Å². The minimum absolute atomic E-state index is 0.501. The second-order valence-corrected chi connectivity index (χ2v) is 4.58. The van der Waals surface area contributed by atoms with Gasteiger partial charge in [0.15, 0.2) is 0 Å². The molecule has 1 aromatic heterocycles. The average Bonchev–Trinajstić information content (AvgIpc) is 2.59. The van der Waals surface area contributed by atoms with Crippen molar-refractivity contribution >= 4 is 11.6 Å². The fourth-order valence-electron chi connectivity index (χ4n) is 2.26. The molecule has 98 valence electrons. The number of anilines is 2. The van der Waals surface area contributed by atoms with E-state index < -0.39 is 0 Å². The van der Waals surface area contributed by atoms with E-state index in [2.05, 4.69) is 20.9 Å². The number of fused-ring (bicyclic) bond motifs is 1. The monoisotopic (exact) mass is 256 g/mol. The number of ether oxygens (including phenoxy) is 1. The Kier molecular flexibility index (Phi) is 2.95. The molecule has 0 fully saturated rings. The van der Waals surface area contributed by atoms with Crippen LogP contribution in [0.15, 0.2) is 30.3 Å². The Morgan fingerprint density at radius 2 is 2.11 bits per heavy atom. The molecule has 0 spiro atoms. The third-order valence-corrected chi connectivity index (χ3v) is 3.12. The molecule has 2 N–H and O–H groups in total. The lowest BCUT2D eigenvalue weighted by Crippen LogP contribution is -2.26. The lowest BCUT2D eigenvalue weighted by molar-refractivity contribution is 0.331. The highest BCUT2D eigenvalue weighted by molar-refractivity contribution is 5.49. The van der Waals surface area contributed by atoms with Crippen LogP contribution in [0.3, 0.4) is 0 Å². The Balaban J connectivity index is 1.94. The van der Waals surface area contributed by atoms with Crippen LogP contribution in [0.5, 0.6) is 5.75 Å². The first-order chi connectivity index (χ1) is 9.22. The van der Waals surface area contributed by atoms with E-state index in [4.69, 9.17) is 10.5 Å². The number of rotatable bonds is 1. The van der Waals surface area contributed by atoms with E-state index in [-0.39, 0.29) is 0 Å². The number of benzene rings is 1. The number of nitrogens with zero attached hydrogens (tertiary/aromatic N) is 3. The zero-order valence-corrected chi connectivity index (χ0v) is 10.8. The van der Waals surface area contributed by atoms with E-state index >= 15 is 0 Å². The van der Waals surface area contributed by atoms with E-state index in [9.17, 15) is 0 Å². The van der Waals surface area contributed by atoms with Gasteiger partial charge in [-0.3, -0.25) is 0 Å². The largest absolute Gasteiger partial charge is 0.491 e. The number of hydrogen-bond donors (Lipinski definition) is 1. The smallest absolute Gasteiger partial charge is 0.134 e. The van der Waals surface area contributed by atoms with Crippen LogP contribution in [0, 0.1) is 6.92 Å². The predicted octanol–water partition coefficient (Wildman–Crippen LogP) is 1.77. The lowest BCUT2D eigenvalue weighted by Gasteiger charge is -2.21. The lowest BCUT2D eigenvalue weighted by atomic mass is 10.2. The van der Waals surface area contributed by atoms with Crippen molar-refractivity contribution in [2.45, 2.75) is 13.5 Å². The van der Waals surface area contributed by atoms with Crippen molar-refractivity contribution in [1.29, 1.82) is 0 Å². The molecule has 19 heavy (non-hydrogen) atoms. The standard InChI is InChI=1S/C14H16N4O/c1-10-16-13(15)8-14(17-10)18-6-7-19-12-5-3-2-4-11(12)9-18/h2-5,8H,6-7,9H2,1H3,(H2,15,16,17). The second-order valence-electron chi connectivity index (χ2n) is 4.58. The van der Waals surface area contributed by atoms with Crippen LogP contribution in [0.2, 0.25) is 0 Å². The SMILES string of the molecule is Cc1nc(N)cc(N2CCOc3ccccc3C2)n1. The van der Waals surface area contributed by atoms with E-state index in [0.29, 0.717) is 18.2 Å². The van der Waals surface area contributed by atoms with Crippen molar-refractivity contribution in [3.05, 3.63) is 41.7 Å². The van der Waals surface area contributed by atoms with Crippen LogP contribution in [-0.4, -0.2) is 23.1 Å². The fraction of sp³-hybridized carbons (Fsp3) is 0.286. The van der Waals surface area contributed by atoms with Crippen LogP contribution >= 0.6 is 0 Å². The molecule has 0 radical (unpaired) electrons. The van der Waals surface area contributed by atoms with Crippen molar-refractivity contribution in [2.24, 2.45) is 0 Å². The normalized spacial score (nSPS) is 14.5. The van der Waals surface area contributed by atoms with Gasteiger partial charge in [-0.25, -0.2) is 9.97 Å². The van der Waals surface area contributed by atoms with Gasteiger partial charge in [-0.05, 0) is 13.0 Å². The molecule has 0 saturated carbocycles. The first-order valence-corrected chi connectivity index (χ1v) is 6.29. The second kappa shape index (κ2) is 4.76. The quantitative estimate of drug-likeness (QED) is 0.842. The van der Waals surface area contributed by atoms with Crippen LogP contribution < -0.4 is 15.4 Å². The Morgan fingerprint density at radius 1 is 1.26 bits per heavy atom. The Labute approximate surface area is 112 Å².